The van der Waals surface area contributed by atoms with Crippen LogP contribution in [0.1, 0.15) is 33.5 Å². The number of fused-ring (bicyclic) bond motifs is 1. The molecule has 104 valence electrons. The molecule has 0 radical (unpaired) electrons. The van der Waals surface area contributed by atoms with Crippen molar-refractivity contribution in [2.24, 2.45) is 0 Å². The highest BCUT2D eigenvalue weighted by Gasteiger charge is 2.16. The minimum absolute atomic E-state index is 0.214. The Morgan fingerprint density at radius 3 is 2.65 bits per heavy atom. The van der Waals surface area contributed by atoms with Gasteiger partial charge < -0.3 is 4.74 Å². The maximum Gasteiger partial charge on any atom is 0.122 e. The average molecular weight is 396 g/mol. The first-order chi connectivity index (χ1) is 9.65. The molecule has 1 nitrogen and oxygen atoms in total. The van der Waals surface area contributed by atoms with Crippen LogP contribution >= 0.6 is 31.9 Å². The van der Waals surface area contributed by atoms with E-state index in [9.17, 15) is 0 Å². The molecule has 0 saturated carbocycles. The molecule has 1 heterocycles. The van der Waals surface area contributed by atoms with Gasteiger partial charge >= 0.3 is 0 Å². The van der Waals surface area contributed by atoms with Gasteiger partial charge in [0.15, 0.2) is 0 Å². The number of rotatable bonds is 2. The summed E-state index contributed by atoms with van der Waals surface area (Å²) in [7, 11) is 0. The molecule has 0 bridgehead atoms. The topological polar surface area (TPSA) is 9.23 Å². The van der Waals surface area contributed by atoms with Crippen molar-refractivity contribution < 1.29 is 4.74 Å². The molecular formula is C17H16Br2O. The van der Waals surface area contributed by atoms with Crippen molar-refractivity contribution in [3.63, 3.8) is 0 Å². The predicted molar refractivity (Wildman–Crippen MR) is 89.9 cm³/mol. The highest BCUT2D eigenvalue weighted by Crippen LogP contribution is 2.36. The first-order valence-corrected chi connectivity index (χ1v) is 8.52. The quantitative estimate of drug-likeness (QED) is 0.604. The van der Waals surface area contributed by atoms with E-state index in [1.165, 1.54) is 22.3 Å². The molecule has 1 aliphatic rings. The Bertz CT molecular complexity index is 637. The van der Waals surface area contributed by atoms with Crippen LogP contribution in [-0.4, -0.2) is 6.61 Å². The third-order valence-electron chi connectivity index (χ3n) is 3.71. The van der Waals surface area contributed by atoms with Crippen LogP contribution in [0.25, 0.3) is 0 Å². The molecule has 3 heteroatoms. The maximum absolute atomic E-state index is 5.68. The molecule has 1 aliphatic heterocycles. The van der Waals surface area contributed by atoms with Crippen LogP contribution in [0.3, 0.4) is 0 Å². The van der Waals surface area contributed by atoms with Gasteiger partial charge in [0, 0.05) is 4.47 Å². The van der Waals surface area contributed by atoms with Gasteiger partial charge in [-0.3, -0.25) is 0 Å². The number of aryl methyl sites for hydroxylation is 2. The van der Waals surface area contributed by atoms with E-state index < -0.39 is 0 Å². The minimum Gasteiger partial charge on any atom is -0.493 e. The van der Waals surface area contributed by atoms with Crippen LogP contribution in [0.2, 0.25) is 0 Å². The molecule has 2 aromatic carbocycles. The van der Waals surface area contributed by atoms with E-state index in [4.69, 9.17) is 4.74 Å². The van der Waals surface area contributed by atoms with Crippen molar-refractivity contribution in [2.45, 2.75) is 24.6 Å². The number of halogens is 2. The summed E-state index contributed by atoms with van der Waals surface area (Å²) in [6.07, 6.45) is 2.22. The lowest BCUT2D eigenvalue weighted by Crippen LogP contribution is -2.08. The molecule has 0 fully saturated rings. The molecule has 0 spiro atoms. The van der Waals surface area contributed by atoms with Crippen LogP contribution in [0.15, 0.2) is 40.9 Å². The summed E-state index contributed by atoms with van der Waals surface area (Å²) in [4.78, 5) is 0.214. The van der Waals surface area contributed by atoms with E-state index in [-0.39, 0.29) is 4.83 Å². The van der Waals surface area contributed by atoms with Crippen LogP contribution in [-0.2, 0) is 6.42 Å². The Hall–Kier alpha value is -0.800. The fraction of sp³-hybridized carbons (Fsp3) is 0.294. The molecule has 0 N–H and O–H groups in total. The Morgan fingerprint density at radius 2 is 1.85 bits per heavy atom. The second-order valence-corrected chi connectivity index (χ2v) is 6.96. The molecular weight excluding hydrogens is 380 g/mol. The van der Waals surface area contributed by atoms with E-state index >= 15 is 0 Å². The Morgan fingerprint density at radius 1 is 1.10 bits per heavy atom. The SMILES string of the molecule is Cc1ccc(C(Br)c2ccc3c(c2)CCCO3)cc1Br. The first-order valence-electron chi connectivity index (χ1n) is 6.81. The molecule has 0 saturated heterocycles. The summed E-state index contributed by atoms with van der Waals surface area (Å²) in [5.41, 5.74) is 5.13. The normalized spacial score (nSPS) is 15.3. The molecule has 0 aliphatic carbocycles. The third kappa shape index (κ3) is 2.79. The number of alkyl halides is 1. The van der Waals surface area contributed by atoms with Crippen molar-refractivity contribution in [1.82, 2.24) is 0 Å². The van der Waals surface area contributed by atoms with Gasteiger partial charge in [-0.05, 0) is 54.2 Å². The summed E-state index contributed by atoms with van der Waals surface area (Å²) in [6, 6.07) is 13.0. The van der Waals surface area contributed by atoms with E-state index in [2.05, 4.69) is 75.2 Å². The van der Waals surface area contributed by atoms with E-state index in [1.807, 2.05) is 0 Å². The van der Waals surface area contributed by atoms with Crippen LogP contribution < -0.4 is 4.74 Å². The van der Waals surface area contributed by atoms with Gasteiger partial charge in [-0.15, -0.1) is 0 Å². The third-order valence-corrected chi connectivity index (χ3v) is 5.63. The van der Waals surface area contributed by atoms with Gasteiger partial charge in [0.1, 0.15) is 5.75 Å². The highest BCUT2D eigenvalue weighted by molar-refractivity contribution is 9.10. The lowest BCUT2D eigenvalue weighted by atomic mass is 9.98. The molecule has 1 unspecified atom stereocenters. The molecule has 3 rings (SSSR count). The van der Waals surface area contributed by atoms with Crippen LogP contribution in [0, 0.1) is 6.92 Å². The number of hydrogen-bond donors (Lipinski definition) is 0. The summed E-state index contributed by atoms with van der Waals surface area (Å²) >= 11 is 7.43. The fourth-order valence-electron chi connectivity index (χ4n) is 2.50. The molecule has 1 atom stereocenters. The van der Waals surface area contributed by atoms with Crippen molar-refractivity contribution >= 4 is 31.9 Å². The van der Waals surface area contributed by atoms with Gasteiger partial charge in [-0.1, -0.05) is 56.1 Å². The van der Waals surface area contributed by atoms with E-state index in [1.54, 1.807) is 0 Å². The number of hydrogen-bond acceptors (Lipinski definition) is 1. The molecule has 0 aromatic heterocycles. The molecule has 2 aromatic rings. The monoisotopic (exact) mass is 394 g/mol. The second-order valence-electron chi connectivity index (χ2n) is 5.19. The Labute approximate surface area is 136 Å². The fourth-order valence-corrected chi connectivity index (χ4v) is 3.46. The lowest BCUT2D eigenvalue weighted by Gasteiger charge is -2.19. The van der Waals surface area contributed by atoms with Crippen molar-refractivity contribution in [3.05, 3.63) is 63.1 Å². The first kappa shape index (κ1) is 14.2. The van der Waals surface area contributed by atoms with Crippen LogP contribution in [0.5, 0.6) is 5.75 Å². The van der Waals surface area contributed by atoms with Gasteiger partial charge in [0.05, 0.1) is 11.4 Å². The maximum atomic E-state index is 5.68. The predicted octanol–water partition coefficient (Wildman–Crippen LogP) is 5.57. The highest BCUT2D eigenvalue weighted by atomic mass is 79.9. The lowest BCUT2D eigenvalue weighted by molar-refractivity contribution is 0.288. The summed E-state index contributed by atoms with van der Waals surface area (Å²) < 4.78 is 6.83. The Balaban J connectivity index is 1.93. The van der Waals surface area contributed by atoms with Crippen LogP contribution in [0.4, 0.5) is 0 Å². The zero-order valence-electron chi connectivity index (χ0n) is 11.3. The van der Waals surface area contributed by atoms with Gasteiger partial charge in [0.2, 0.25) is 0 Å². The number of benzene rings is 2. The Kier molecular flexibility index (Phi) is 4.18. The molecule has 0 amide bonds. The summed E-state index contributed by atoms with van der Waals surface area (Å²) in [6.45, 7) is 2.95. The summed E-state index contributed by atoms with van der Waals surface area (Å²) in [5.74, 6) is 1.05. The minimum atomic E-state index is 0.214. The zero-order valence-corrected chi connectivity index (χ0v) is 14.5. The smallest absolute Gasteiger partial charge is 0.122 e. The van der Waals surface area contributed by atoms with Crippen molar-refractivity contribution in [3.8, 4) is 5.75 Å². The number of ether oxygens (including phenoxy) is 1. The second kappa shape index (κ2) is 5.90. The standard InChI is InChI=1S/C17H16Br2O/c1-11-4-5-14(10-15(11)18)17(19)13-6-7-16-12(9-13)3-2-8-20-16/h4-7,9-10,17H,2-3,8H2,1H3. The summed E-state index contributed by atoms with van der Waals surface area (Å²) in [5, 5.41) is 0. The largest absolute Gasteiger partial charge is 0.493 e. The van der Waals surface area contributed by atoms with Gasteiger partial charge in [-0.25, -0.2) is 0 Å². The van der Waals surface area contributed by atoms with Gasteiger partial charge in [0.25, 0.3) is 0 Å². The van der Waals surface area contributed by atoms with Gasteiger partial charge in [-0.2, -0.15) is 0 Å². The van der Waals surface area contributed by atoms with E-state index in [0.717, 1.165) is 29.7 Å². The van der Waals surface area contributed by atoms with E-state index in [0.29, 0.717) is 0 Å². The zero-order chi connectivity index (χ0) is 14.1. The molecule has 20 heavy (non-hydrogen) atoms. The van der Waals surface area contributed by atoms with Crippen molar-refractivity contribution in [2.75, 3.05) is 6.61 Å². The average Bonchev–Trinajstić information content (AvgIpc) is 2.49. The van der Waals surface area contributed by atoms with Crippen molar-refractivity contribution in [1.29, 1.82) is 0 Å².